The molecule has 31 heavy (non-hydrogen) atoms. The second-order valence-corrected chi connectivity index (χ2v) is 10.4. The van der Waals surface area contributed by atoms with E-state index >= 15 is 0 Å². The van der Waals surface area contributed by atoms with Gasteiger partial charge in [0.2, 0.25) is 15.8 Å². The third-order valence-corrected chi connectivity index (χ3v) is 8.28. The van der Waals surface area contributed by atoms with Crippen LogP contribution in [0.2, 0.25) is 0 Å². The summed E-state index contributed by atoms with van der Waals surface area (Å²) in [4.78, 5) is 7.33. The summed E-state index contributed by atoms with van der Waals surface area (Å²) in [6.07, 6.45) is -3.03. The number of rotatable bonds is 4. The van der Waals surface area contributed by atoms with Crippen LogP contribution in [0.3, 0.4) is 0 Å². The predicted octanol–water partition coefficient (Wildman–Crippen LogP) is 3.94. The number of piperazine rings is 1. The average Bonchev–Trinajstić information content (AvgIpc) is 3.33. The predicted molar refractivity (Wildman–Crippen MR) is 110 cm³/mol. The van der Waals surface area contributed by atoms with Gasteiger partial charge in [-0.1, -0.05) is 11.2 Å². The number of aromatic nitrogens is 2. The largest absolute Gasteiger partial charge is 0.452 e. The number of thiophene rings is 1. The Hall–Kier alpha value is -2.44. The third-order valence-electron chi connectivity index (χ3n) is 5.06. The highest BCUT2D eigenvalue weighted by molar-refractivity contribution is 7.89. The van der Waals surface area contributed by atoms with E-state index in [2.05, 4.69) is 14.7 Å². The standard InChI is InChI=1S/C19H19F3N4O3S2/c1-12-17(14-11-15(29-24-14)19(20,21)22)18(13(2)30-12)31(27,28)26-9-7-25(8-10-26)16-5-3-4-6-23-16/h3-6,11H,7-10H2,1-2H3. The second kappa shape index (κ2) is 7.92. The van der Waals surface area contributed by atoms with Gasteiger partial charge in [0.15, 0.2) is 0 Å². The molecule has 0 radical (unpaired) electrons. The number of sulfonamides is 1. The molecule has 0 aromatic carbocycles. The van der Waals surface area contributed by atoms with E-state index in [9.17, 15) is 21.6 Å². The van der Waals surface area contributed by atoms with E-state index in [4.69, 9.17) is 0 Å². The van der Waals surface area contributed by atoms with Gasteiger partial charge in [-0.15, -0.1) is 11.3 Å². The first-order valence-electron chi connectivity index (χ1n) is 9.39. The molecule has 1 aliphatic rings. The van der Waals surface area contributed by atoms with Crippen molar-refractivity contribution in [2.45, 2.75) is 24.9 Å². The monoisotopic (exact) mass is 472 g/mol. The normalized spacial score (nSPS) is 16.1. The van der Waals surface area contributed by atoms with Gasteiger partial charge in [0, 0.05) is 53.8 Å². The van der Waals surface area contributed by atoms with Gasteiger partial charge in [-0.2, -0.15) is 17.5 Å². The summed E-state index contributed by atoms with van der Waals surface area (Å²) in [5, 5.41) is 3.51. The second-order valence-electron chi connectivity index (χ2n) is 7.07. The fourth-order valence-electron chi connectivity index (χ4n) is 3.62. The van der Waals surface area contributed by atoms with Crippen molar-refractivity contribution in [3.63, 3.8) is 0 Å². The van der Waals surface area contributed by atoms with Crippen molar-refractivity contribution in [2.24, 2.45) is 0 Å². The van der Waals surface area contributed by atoms with E-state index in [1.54, 1.807) is 20.0 Å². The smallest absolute Gasteiger partial charge is 0.354 e. The number of alkyl halides is 3. The molecular weight excluding hydrogens is 453 g/mol. The van der Waals surface area contributed by atoms with Crippen LogP contribution < -0.4 is 4.90 Å². The fraction of sp³-hybridized carbons (Fsp3) is 0.368. The van der Waals surface area contributed by atoms with Crippen LogP contribution in [0.15, 0.2) is 39.9 Å². The lowest BCUT2D eigenvalue weighted by Crippen LogP contribution is -2.49. The van der Waals surface area contributed by atoms with Crippen molar-refractivity contribution in [1.29, 1.82) is 0 Å². The molecule has 166 valence electrons. The Morgan fingerprint density at radius 2 is 1.81 bits per heavy atom. The number of anilines is 1. The van der Waals surface area contributed by atoms with Gasteiger partial charge < -0.3 is 9.42 Å². The topological polar surface area (TPSA) is 79.5 Å². The molecule has 0 saturated carbocycles. The highest BCUT2D eigenvalue weighted by atomic mass is 32.2. The van der Waals surface area contributed by atoms with Crippen LogP contribution in [-0.4, -0.2) is 49.0 Å². The molecule has 4 heterocycles. The Labute approximate surface area is 181 Å². The van der Waals surface area contributed by atoms with Crippen molar-refractivity contribution in [3.05, 3.63) is 46.0 Å². The van der Waals surface area contributed by atoms with Crippen LogP contribution >= 0.6 is 11.3 Å². The summed E-state index contributed by atoms with van der Waals surface area (Å²) in [7, 11) is -3.95. The molecule has 3 aromatic heterocycles. The van der Waals surface area contributed by atoms with Gasteiger partial charge in [-0.05, 0) is 26.0 Å². The van der Waals surface area contributed by atoms with Gasteiger partial charge in [-0.25, -0.2) is 13.4 Å². The molecule has 1 fully saturated rings. The van der Waals surface area contributed by atoms with Crippen LogP contribution in [0.4, 0.5) is 19.0 Å². The molecule has 3 aromatic rings. The third kappa shape index (κ3) is 4.06. The summed E-state index contributed by atoms with van der Waals surface area (Å²) in [5.41, 5.74) is 0.0220. The Bertz CT molecular complexity index is 1180. The minimum atomic E-state index is -4.70. The maximum absolute atomic E-state index is 13.5. The summed E-state index contributed by atoms with van der Waals surface area (Å²) < 4.78 is 71.6. The molecule has 0 unspecified atom stereocenters. The van der Waals surface area contributed by atoms with Gasteiger partial charge in [-0.3, -0.25) is 0 Å². The summed E-state index contributed by atoms with van der Waals surface area (Å²) in [5.74, 6) is -0.497. The van der Waals surface area contributed by atoms with Crippen molar-refractivity contribution in [3.8, 4) is 11.3 Å². The lowest BCUT2D eigenvalue weighted by atomic mass is 10.1. The Balaban J connectivity index is 1.64. The van der Waals surface area contributed by atoms with Crippen LogP contribution in [0.1, 0.15) is 15.5 Å². The summed E-state index contributed by atoms with van der Waals surface area (Å²) in [6, 6.07) is 6.27. The van der Waals surface area contributed by atoms with E-state index in [1.165, 1.54) is 15.6 Å². The van der Waals surface area contributed by atoms with Crippen molar-refractivity contribution >= 4 is 27.2 Å². The van der Waals surface area contributed by atoms with Crippen LogP contribution in [-0.2, 0) is 16.2 Å². The summed E-state index contributed by atoms with van der Waals surface area (Å²) >= 11 is 1.21. The molecule has 4 rings (SSSR count). The highest BCUT2D eigenvalue weighted by Gasteiger charge is 2.39. The van der Waals surface area contributed by atoms with Crippen LogP contribution in [0.25, 0.3) is 11.3 Å². The number of pyridine rings is 1. The quantitative estimate of drug-likeness (QED) is 0.572. The summed E-state index contributed by atoms with van der Waals surface area (Å²) in [6.45, 7) is 4.68. The first-order chi connectivity index (χ1) is 14.6. The number of halogens is 3. The molecule has 12 heteroatoms. The first-order valence-corrected chi connectivity index (χ1v) is 11.6. The number of hydrogen-bond donors (Lipinski definition) is 0. The average molecular weight is 473 g/mol. The molecule has 0 atom stereocenters. The zero-order valence-corrected chi connectivity index (χ0v) is 18.3. The lowest BCUT2D eigenvalue weighted by molar-refractivity contribution is -0.155. The number of nitrogens with zero attached hydrogens (tertiary/aromatic N) is 4. The molecule has 0 amide bonds. The van der Waals surface area contributed by atoms with Crippen LogP contribution in [0.5, 0.6) is 0 Å². The van der Waals surface area contributed by atoms with E-state index in [1.807, 2.05) is 23.1 Å². The van der Waals surface area contributed by atoms with E-state index < -0.39 is 22.0 Å². The highest BCUT2D eigenvalue weighted by Crippen LogP contribution is 2.41. The Morgan fingerprint density at radius 1 is 1.10 bits per heavy atom. The SMILES string of the molecule is Cc1sc(C)c(S(=O)(=O)N2CCN(c3ccccn3)CC2)c1-c1cc(C(F)(F)F)on1. The Morgan fingerprint density at radius 3 is 2.39 bits per heavy atom. The maximum Gasteiger partial charge on any atom is 0.452 e. The zero-order valence-electron chi connectivity index (χ0n) is 16.7. The van der Waals surface area contributed by atoms with Gasteiger partial charge in [0.1, 0.15) is 16.4 Å². The first kappa shape index (κ1) is 21.8. The van der Waals surface area contributed by atoms with E-state index in [0.717, 1.165) is 11.9 Å². The molecule has 0 spiro atoms. The fourth-order valence-corrected chi connectivity index (χ4v) is 6.87. The molecule has 1 aliphatic heterocycles. The Kier molecular flexibility index (Phi) is 5.56. The minimum absolute atomic E-state index is 0.0108. The molecule has 0 aliphatic carbocycles. The van der Waals surface area contributed by atoms with E-state index in [-0.39, 0.29) is 29.2 Å². The molecular formula is C19H19F3N4O3S2. The van der Waals surface area contributed by atoms with Crippen molar-refractivity contribution in [1.82, 2.24) is 14.4 Å². The maximum atomic E-state index is 13.5. The lowest BCUT2D eigenvalue weighted by Gasteiger charge is -2.34. The van der Waals surface area contributed by atoms with Gasteiger partial charge >= 0.3 is 6.18 Å². The molecule has 0 bridgehead atoms. The van der Waals surface area contributed by atoms with Crippen LogP contribution in [0, 0.1) is 13.8 Å². The van der Waals surface area contributed by atoms with E-state index in [0.29, 0.717) is 22.8 Å². The molecule has 0 N–H and O–H groups in total. The minimum Gasteiger partial charge on any atom is -0.354 e. The number of aryl methyl sites for hydroxylation is 2. The molecule has 1 saturated heterocycles. The molecule has 7 nitrogen and oxygen atoms in total. The number of hydrogen-bond acceptors (Lipinski definition) is 7. The van der Waals surface area contributed by atoms with Gasteiger partial charge in [0.05, 0.1) is 0 Å². The van der Waals surface area contributed by atoms with Crippen molar-refractivity contribution < 1.29 is 26.1 Å². The van der Waals surface area contributed by atoms with Crippen molar-refractivity contribution in [2.75, 3.05) is 31.1 Å². The zero-order chi connectivity index (χ0) is 22.4. The van der Waals surface area contributed by atoms with Gasteiger partial charge in [0.25, 0.3) is 0 Å².